The zero-order chi connectivity index (χ0) is 20.6. The van der Waals surface area contributed by atoms with Crippen LogP contribution in [0.5, 0.6) is 0 Å². The fourth-order valence-electron chi connectivity index (χ4n) is 3.46. The Bertz CT molecular complexity index is 756. The van der Waals surface area contributed by atoms with Gasteiger partial charge in [0.25, 0.3) is 5.91 Å². The molecule has 0 spiro atoms. The van der Waals surface area contributed by atoms with Crippen molar-refractivity contribution in [3.05, 3.63) is 53.7 Å². The van der Waals surface area contributed by atoms with Gasteiger partial charge < -0.3 is 14.8 Å². The first-order valence-corrected chi connectivity index (χ1v) is 10.5. The summed E-state index contributed by atoms with van der Waals surface area (Å²) in [6.07, 6.45) is 2.63. The standard InChI is InChI=1S/C22H32N4O3/c1-3-17(2)23-22(28)20-16-29-21(24-20)15-26-11-9-25(10-12-26)14-19(27)13-18-7-5-4-6-8-18/h4-8,16-17,19,27H,3,9-15H2,1-2H3,(H,23,28). The first-order chi connectivity index (χ1) is 14.0. The zero-order valence-electron chi connectivity index (χ0n) is 17.4. The fourth-order valence-corrected chi connectivity index (χ4v) is 3.46. The predicted molar refractivity (Wildman–Crippen MR) is 112 cm³/mol. The molecule has 0 radical (unpaired) electrons. The Kier molecular flexibility index (Phi) is 7.80. The van der Waals surface area contributed by atoms with E-state index in [9.17, 15) is 9.90 Å². The smallest absolute Gasteiger partial charge is 0.273 e. The number of β-amino-alcohol motifs (C(OH)–C–C–N with tert-alkyl or cyclic N) is 1. The molecule has 3 rings (SSSR count). The molecule has 2 aromatic rings. The van der Waals surface area contributed by atoms with Crippen molar-refractivity contribution in [2.24, 2.45) is 0 Å². The molecule has 1 aromatic heterocycles. The minimum Gasteiger partial charge on any atom is -0.447 e. The number of nitrogens with one attached hydrogen (secondary N) is 1. The second-order valence-corrected chi connectivity index (χ2v) is 7.83. The first-order valence-electron chi connectivity index (χ1n) is 10.5. The summed E-state index contributed by atoms with van der Waals surface area (Å²) in [4.78, 5) is 21.0. The summed E-state index contributed by atoms with van der Waals surface area (Å²) in [5, 5.41) is 13.3. The van der Waals surface area contributed by atoms with E-state index in [4.69, 9.17) is 4.42 Å². The van der Waals surface area contributed by atoms with Gasteiger partial charge in [0.1, 0.15) is 6.26 Å². The Morgan fingerprint density at radius 2 is 1.90 bits per heavy atom. The number of hydrogen-bond donors (Lipinski definition) is 2. The number of hydrogen-bond acceptors (Lipinski definition) is 6. The van der Waals surface area contributed by atoms with Gasteiger partial charge in [0.15, 0.2) is 5.69 Å². The molecule has 158 valence electrons. The Labute approximate surface area is 172 Å². The van der Waals surface area contributed by atoms with Crippen molar-refractivity contribution in [1.82, 2.24) is 20.1 Å². The highest BCUT2D eigenvalue weighted by Crippen LogP contribution is 2.11. The van der Waals surface area contributed by atoms with Gasteiger partial charge in [-0.15, -0.1) is 0 Å². The third kappa shape index (κ3) is 6.66. The summed E-state index contributed by atoms with van der Waals surface area (Å²) >= 11 is 0. The number of carbonyl (C=O) groups excluding carboxylic acids is 1. The molecule has 0 bridgehead atoms. The lowest BCUT2D eigenvalue weighted by molar-refractivity contribution is 0.0675. The summed E-state index contributed by atoms with van der Waals surface area (Å²) in [6, 6.07) is 10.2. The molecule has 0 saturated carbocycles. The summed E-state index contributed by atoms with van der Waals surface area (Å²) in [6.45, 7) is 8.83. The van der Waals surface area contributed by atoms with Crippen molar-refractivity contribution >= 4 is 5.91 Å². The van der Waals surface area contributed by atoms with Crippen LogP contribution in [0.2, 0.25) is 0 Å². The van der Waals surface area contributed by atoms with Crippen LogP contribution in [0.1, 0.15) is 42.2 Å². The summed E-state index contributed by atoms with van der Waals surface area (Å²) in [5.74, 6) is 0.378. The van der Waals surface area contributed by atoms with E-state index in [-0.39, 0.29) is 18.1 Å². The number of benzene rings is 1. The average molecular weight is 401 g/mol. The molecule has 1 amide bonds. The molecule has 1 aromatic carbocycles. The zero-order valence-corrected chi connectivity index (χ0v) is 17.4. The Balaban J connectivity index is 1.40. The third-order valence-corrected chi connectivity index (χ3v) is 5.38. The van der Waals surface area contributed by atoms with E-state index in [0.717, 1.165) is 38.2 Å². The van der Waals surface area contributed by atoms with E-state index in [1.165, 1.54) is 6.26 Å². The van der Waals surface area contributed by atoms with Gasteiger partial charge in [-0.3, -0.25) is 14.6 Å². The normalized spacial score (nSPS) is 17.8. The van der Waals surface area contributed by atoms with Crippen molar-refractivity contribution in [3.63, 3.8) is 0 Å². The lowest BCUT2D eigenvalue weighted by Crippen LogP contribution is -2.48. The lowest BCUT2D eigenvalue weighted by atomic mass is 10.1. The van der Waals surface area contributed by atoms with E-state index in [2.05, 4.69) is 32.2 Å². The molecule has 2 N–H and O–H groups in total. The van der Waals surface area contributed by atoms with Crippen molar-refractivity contribution < 1.29 is 14.3 Å². The van der Waals surface area contributed by atoms with Gasteiger partial charge in [0.2, 0.25) is 5.89 Å². The molecule has 29 heavy (non-hydrogen) atoms. The monoisotopic (exact) mass is 400 g/mol. The molecule has 2 heterocycles. The third-order valence-electron chi connectivity index (χ3n) is 5.38. The highest BCUT2D eigenvalue weighted by atomic mass is 16.3. The highest BCUT2D eigenvalue weighted by molar-refractivity contribution is 5.92. The molecular weight excluding hydrogens is 368 g/mol. The van der Waals surface area contributed by atoms with Crippen molar-refractivity contribution in [2.75, 3.05) is 32.7 Å². The largest absolute Gasteiger partial charge is 0.447 e. The predicted octanol–water partition coefficient (Wildman–Crippen LogP) is 1.92. The summed E-state index contributed by atoms with van der Waals surface area (Å²) < 4.78 is 5.49. The Morgan fingerprint density at radius 1 is 1.21 bits per heavy atom. The number of oxazole rings is 1. The minimum atomic E-state index is -0.359. The Morgan fingerprint density at radius 3 is 2.59 bits per heavy atom. The summed E-state index contributed by atoms with van der Waals surface area (Å²) in [5.41, 5.74) is 1.50. The molecule has 2 unspecified atom stereocenters. The maximum absolute atomic E-state index is 12.1. The molecule has 2 atom stereocenters. The molecule has 1 fully saturated rings. The lowest BCUT2D eigenvalue weighted by Gasteiger charge is -2.35. The molecule has 7 heteroatoms. The van der Waals surface area contributed by atoms with Crippen LogP contribution in [-0.4, -0.2) is 70.7 Å². The number of aromatic nitrogens is 1. The number of nitrogens with zero attached hydrogens (tertiary/aromatic N) is 3. The van der Waals surface area contributed by atoms with Gasteiger partial charge in [-0.2, -0.15) is 0 Å². The Hall–Kier alpha value is -2.22. The SMILES string of the molecule is CCC(C)NC(=O)c1coc(CN2CCN(CC(O)Cc3ccccc3)CC2)n1. The molecule has 1 aliphatic heterocycles. The quantitative estimate of drug-likeness (QED) is 0.669. The van der Waals surface area contributed by atoms with E-state index < -0.39 is 0 Å². The molecule has 1 aliphatic rings. The molecule has 7 nitrogen and oxygen atoms in total. The van der Waals surface area contributed by atoms with E-state index >= 15 is 0 Å². The van der Waals surface area contributed by atoms with Crippen molar-refractivity contribution in [2.45, 2.75) is 45.4 Å². The van der Waals surface area contributed by atoms with E-state index in [0.29, 0.717) is 31.1 Å². The van der Waals surface area contributed by atoms with Crippen LogP contribution in [-0.2, 0) is 13.0 Å². The van der Waals surface area contributed by atoms with Crippen LogP contribution in [0.3, 0.4) is 0 Å². The summed E-state index contributed by atoms with van der Waals surface area (Å²) in [7, 11) is 0. The van der Waals surface area contributed by atoms with Gasteiger partial charge in [-0.25, -0.2) is 4.98 Å². The maximum Gasteiger partial charge on any atom is 0.273 e. The molecule has 0 aliphatic carbocycles. The molecular formula is C22H32N4O3. The van der Waals surface area contributed by atoms with Gasteiger partial charge in [0.05, 0.1) is 12.6 Å². The van der Waals surface area contributed by atoms with Gasteiger partial charge in [0, 0.05) is 38.8 Å². The number of carbonyl (C=O) groups is 1. The van der Waals surface area contributed by atoms with Crippen LogP contribution >= 0.6 is 0 Å². The van der Waals surface area contributed by atoms with Crippen LogP contribution in [0.15, 0.2) is 41.0 Å². The van der Waals surface area contributed by atoms with E-state index in [1.807, 2.05) is 32.0 Å². The number of rotatable bonds is 9. The average Bonchev–Trinajstić information content (AvgIpc) is 3.19. The number of aliphatic hydroxyl groups excluding tert-OH is 1. The van der Waals surface area contributed by atoms with Crippen LogP contribution in [0.25, 0.3) is 0 Å². The first kappa shape index (κ1) is 21.5. The maximum atomic E-state index is 12.1. The second kappa shape index (κ2) is 10.5. The fraction of sp³-hybridized carbons (Fsp3) is 0.545. The topological polar surface area (TPSA) is 81.8 Å². The van der Waals surface area contributed by atoms with Crippen LogP contribution in [0.4, 0.5) is 0 Å². The van der Waals surface area contributed by atoms with Gasteiger partial charge in [-0.05, 0) is 25.3 Å². The van der Waals surface area contributed by atoms with Crippen molar-refractivity contribution in [1.29, 1.82) is 0 Å². The van der Waals surface area contributed by atoms with Crippen molar-refractivity contribution in [3.8, 4) is 0 Å². The number of aliphatic hydroxyl groups is 1. The minimum absolute atomic E-state index is 0.118. The van der Waals surface area contributed by atoms with Crippen LogP contribution < -0.4 is 5.32 Å². The van der Waals surface area contributed by atoms with E-state index in [1.54, 1.807) is 0 Å². The second-order valence-electron chi connectivity index (χ2n) is 7.83. The van der Waals surface area contributed by atoms with Gasteiger partial charge >= 0.3 is 0 Å². The number of piperazine rings is 1. The van der Waals surface area contributed by atoms with Gasteiger partial charge in [-0.1, -0.05) is 37.3 Å². The highest BCUT2D eigenvalue weighted by Gasteiger charge is 2.21. The molecule has 1 saturated heterocycles. The number of amides is 1. The van der Waals surface area contributed by atoms with Crippen LogP contribution in [0, 0.1) is 0 Å².